The summed E-state index contributed by atoms with van der Waals surface area (Å²) in [5.41, 5.74) is 5.15. The lowest BCUT2D eigenvalue weighted by molar-refractivity contribution is 0.0683. The molecule has 4 rings (SSSR count). The predicted octanol–water partition coefficient (Wildman–Crippen LogP) is 4.92. The average Bonchev–Trinajstić information content (AvgIpc) is 3.36. The second-order valence-corrected chi connectivity index (χ2v) is 8.27. The molecule has 1 saturated carbocycles. The van der Waals surface area contributed by atoms with E-state index in [1.165, 1.54) is 5.57 Å². The largest absolute Gasteiger partial charge is 0.339 e. The first kappa shape index (κ1) is 19.1. The molecule has 0 saturated heterocycles. The maximum absolute atomic E-state index is 12.9. The molecule has 6 heteroatoms. The van der Waals surface area contributed by atoms with Crippen LogP contribution in [0.15, 0.2) is 50.7 Å². The van der Waals surface area contributed by atoms with E-state index in [0.717, 1.165) is 55.6 Å². The number of amides is 1. The van der Waals surface area contributed by atoms with Crippen LogP contribution in [0.5, 0.6) is 0 Å². The first-order valence-corrected chi connectivity index (χ1v) is 10.3. The quantitative estimate of drug-likeness (QED) is 0.712. The molecule has 1 fully saturated rings. The summed E-state index contributed by atoms with van der Waals surface area (Å²) < 4.78 is 0. The van der Waals surface area contributed by atoms with Gasteiger partial charge in [0.1, 0.15) is 0 Å². The van der Waals surface area contributed by atoms with Crippen LogP contribution < -0.4 is 0 Å². The number of hydrogen-bond donors (Lipinski definition) is 0. The Kier molecular flexibility index (Phi) is 5.44. The Morgan fingerprint density at radius 1 is 1.25 bits per heavy atom. The lowest BCUT2D eigenvalue weighted by Crippen LogP contribution is -2.41. The Bertz CT molecular complexity index is 915. The SMILES string of the molecule is CC1=C(C2=NN=C([C@H]3CCC[C@@H](N(C)C(=O)c4cccc(Cl)c4)C3)C2)CC=N1. The molecule has 0 bridgehead atoms. The molecule has 0 spiro atoms. The van der Waals surface area contributed by atoms with Crippen molar-refractivity contribution in [2.75, 3.05) is 7.05 Å². The lowest BCUT2D eigenvalue weighted by atomic mass is 9.80. The van der Waals surface area contributed by atoms with Gasteiger partial charge in [0.15, 0.2) is 0 Å². The average molecular weight is 397 g/mol. The van der Waals surface area contributed by atoms with Gasteiger partial charge in [0.05, 0.1) is 5.71 Å². The molecule has 146 valence electrons. The highest BCUT2D eigenvalue weighted by atomic mass is 35.5. The van der Waals surface area contributed by atoms with Gasteiger partial charge < -0.3 is 4.90 Å². The zero-order chi connectivity index (χ0) is 19.7. The number of hydrogen-bond acceptors (Lipinski definition) is 4. The summed E-state index contributed by atoms with van der Waals surface area (Å²) in [5, 5.41) is 9.57. The second-order valence-electron chi connectivity index (χ2n) is 7.84. The zero-order valence-corrected chi connectivity index (χ0v) is 17.1. The Balaban J connectivity index is 1.40. The maximum atomic E-state index is 12.9. The topological polar surface area (TPSA) is 57.4 Å². The van der Waals surface area contributed by atoms with Crippen molar-refractivity contribution in [3.63, 3.8) is 0 Å². The summed E-state index contributed by atoms with van der Waals surface area (Å²) in [6.45, 7) is 2.03. The van der Waals surface area contributed by atoms with E-state index >= 15 is 0 Å². The molecule has 2 atom stereocenters. The van der Waals surface area contributed by atoms with Crippen LogP contribution in [-0.2, 0) is 0 Å². The van der Waals surface area contributed by atoms with Gasteiger partial charge in [0.2, 0.25) is 0 Å². The Morgan fingerprint density at radius 3 is 2.86 bits per heavy atom. The molecular formula is C22H25ClN4O. The van der Waals surface area contributed by atoms with E-state index in [0.29, 0.717) is 16.5 Å². The molecule has 1 amide bonds. The Labute approximate surface area is 170 Å². The lowest BCUT2D eigenvalue weighted by Gasteiger charge is -2.35. The van der Waals surface area contributed by atoms with Crippen LogP contribution in [-0.4, -0.2) is 41.5 Å². The molecule has 1 aliphatic carbocycles. The molecule has 1 aromatic carbocycles. The van der Waals surface area contributed by atoms with Gasteiger partial charge in [0, 0.05) is 65.6 Å². The number of carbonyl (C=O) groups is 1. The van der Waals surface area contributed by atoms with Crippen LogP contribution in [0.2, 0.25) is 5.02 Å². The van der Waals surface area contributed by atoms with E-state index in [-0.39, 0.29) is 11.9 Å². The summed E-state index contributed by atoms with van der Waals surface area (Å²) in [6, 6.07) is 7.39. The van der Waals surface area contributed by atoms with Crippen LogP contribution >= 0.6 is 11.6 Å². The van der Waals surface area contributed by atoms with Gasteiger partial charge in [-0.15, -0.1) is 0 Å². The number of halogens is 1. The molecule has 28 heavy (non-hydrogen) atoms. The van der Waals surface area contributed by atoms with Gasteiger partial charge in [-0.25, -0.2) is 0 Å². The summed E-state index contributed by atoms with van der Waals surface area (Å²) >= 11 is 6.05. The van der Waals surface area contributed by atoms with Gasteiger partial charge in [-0.1, -0.05) is 24.1 Å². The number of rotatable bonds is 4. The van der Waals surface area contributed by atoms with Crippen molar-refractivity contribution in [3.8, 4) is 0 Å². The minimum absolute atomic E-state index is 0.0299. The van der Waals surface area contributed by atoms with E-state index in [4.69, 9.17) is 11.6 Å². The normalized spacial score (nSPS) is 24.4. The van der Waals surface area contributed by atoms with Crippen molar-refractivity contribution in [3.05, 3.63) is 46.1 Å². The molecule has 0 N–H and O–H groups in total. The smallest absolute Gasteiger partial charge is 0.253 e. The predicted molar refractivity (Wildman–Crippen MR) is 115 cm³/mol. The van der Waals surface area contributed by atoms with Gasteiger partial charge in [0.25, 0.3) is 5.91 Å². The van der Waals surface area contributed by atoms with Crippen molar-refractivity contribution in [2.24, 2.45) is 21.1 Å². The molecule has 0 aromatic heterocycles. The van der Waals surface area contributed by atoms with Gasteiger partial charge in [-0.3, -0.25) is 9.79 Å². The van der Waals surface area contributed by atoms with E-state index in [2.05, 4.69) is 15.2 Å². The van der Waals surface area contributed by atoms with E-state index in [9.17, 15) is 4.79 Å². The van der Waals surface area contributed by atoms with Crippen molar-refractivity contribution < 1.29 is 4.79 Å². The van der Waals surface area contributed by atoms with E-state index in [1.807, 2.05) is 37.2 Å². The van der Waals surface area contributed by atoms with Crippen LogP contribution in [0.3, 0.4) is 0 Å². The number of aliphatic imine (C=N–C) groups is 1. The monoisotopic (exact) mass is 396 g/mol. The fraction of sp³-hybridized carbons (Fsp3) is 0.455. The molecule has 2 aliphatic heterocycles. The van der Waals surface area contributed by atoms with Crippen LogP contribution in [0.1, 0.15) is 55.8 Å². The van der Waals surface area contributed by atoms with Gasteiger partial charge in [-0.05, 0) is 44.4 Å². The van der Waals surface area contributed by atoms with Gasteiger partial charge in [-0.2, -0.15) is 10.2 Å². The molecule has 0 radical (unpaired) electrons. The summed E-state index contributed by atoms with van der Waals surface area (Å²) in [4.78, 5) is 19.1. The van der Waals surface area contributed by atoms with E-state index < -0.39 is 0 Å². The first-order valence-electron chi connectivity index (χ1n) is 9.91. The third-order valence-corrected chi connectivity index (χ3v) is 6.31. The number of benzene rings is 1. The number of allylic oxidation sites excluding steroid dienone is 2. The second kappa shape index (κ2) is 8.00. The highest BCUT2D eigenvalue weighted by Gasteiger charge is 2.33. The minimum Gasteiger partial charge on any atom is -0.339 e. The number of nitrogens with zero attached hydrogens (tertiary/aromatic N) is 4. The molecule has 1 aromatic rings. The summed E-state index contributed by atoms with van der Waals surface area (Å²) in [6.07, 6.45) is 7.81. The molecule has 2 heterocycles. The highest BCUT2D eigenvalue weighted by Crippen LogP contribution is 2.33. The minimum atomic E-state index is 0.0299. The maximum Gasteiger partial charge on any atom is 0.253 e. The Morgan fingerprint density at radius 2 is 2.11 bits per heavy atom. The van der Waals surface area contributed by atoms with E-state index in [1.54, 1.807) is 12.1 Å². The van der Waals surface area contributed by atoms with Crippen molar-refractivity contribution in [1.82, 2.24) is 4.90 Å². The van der Waals surface area contributed by atoms with Crippen molar-refractivity contribution in [1.29, 1.82) is 0 Å². The van der Waals surface area contributed by atoms with Gasteiger partial charge >= 0.3 is 0 Å². The highest BCUT2D eigenvalue weighted by molar-refractivity contribution is 6.31. The standard InChI is InChI=1S/C22H25ClN4O/c1-14-19(9-10-24-14)21-13-20(25-26-21)15-5-4-8-18(12-15)27(2)22(28)16-6-3-7-17(23)11-16/h3,6-7,10-11,15,18H,4-5,8-9,12-13H2,1-2H3/t15-,18+/m0/s1. The van der Waals surface area contributed by atoms with Crippen molar-refractivity contribution in [2.45, 2.75) is 51.5 Å². The third-order valence-electron chi connectivity index (χ3n) is 6.07. The van der Waals surface area contributed by atoms with Crippen molar-refractivity contribution >= 4 is 35.1 Å². The number of carbonyl (C=O) groups excluding carboxylic acids is 1. The van der Waals surface area contributed by atoms with Crippen LogP contribution in [0.25, 0.3) is 0 Å². The fourth-order valence-corrected chi connectivity index (χ4v) is 4.59. The molecule has 3 aliphatic rings. The van der Waals surface area contributed by atoms with Crippen LogP contribution in [0.4, 0.5) is 0 Å². The third kappa shape index (κ3) is 3.81. The fourth-order valence-electron chi connectivity index (χ4n) is 4.40. The molecular weight excluding hydrogens is 372 g/mol. The summed E-state index contributed by atoms with van der Waals surface area (Å²) in [5.74, 6) is 0.417. The summed E-state index contributed by atoms with van der Waals surface area (Å²) in [7, 11) is 1.90. The molecule has 5 nitrogen and oxygen atoms in total. The van der Waals surface area contributed by atoms with Crippen LogP contribution in [0, 0.1) is 5.92 Å². The first-order chi connectivity index (χ1) is 13.5. The molecule has 0 unspecified atom stereocenters. The zero-order valence-electron chi connectivity index (χ0n) is 16.4. The Hall–Kier alpha value is -2.27.